The van der Waals surface area contributed by atoms with E-state index in [1.165, 1.54) is 39.2 Å². The second kappa shape index (κ2) is 7.99. The van der Waals surface area contributed by atoms with Crippen molar-refractivity contribution in [3.8, 4) is 0 Å². The largest absolute Gasteiger partial charge is 0.375 e. The maximum absolute atomic E-state index is 11.0. The third-order valence-corrected chi connectivity index (χ3v) is 3.99. The van der Waals surface area contributed by atoms with Crippen LogP contribution in [-0.2, 0) is 9.53 Å². The van der Waals surface area contributed by atoms with E-state index >= 15 is 0 Å². The average molecular weight is 231 g/mol. The molecule has 1 saturated carbocycles. The summed E-state index contributed by atoms with van der Waals surface area (Å²) >= 11 is 2.00. The zero-order valence-electron chi connectivity index (χ0n) is 9.46. The molecule has 1 fully saturated rings. The molecule has 0 saturated heterocycles. The molecule has 0 radical (unpaired) electrons. The zero-order chi connectivity index (χ0) is 10.9. The molecule has 0 spiro atoms. The molecule has 1 N–H and O–H groups in total. The fraction of sp³-hybridized carbons (Fsp3) is 0.909. The lowest BCUT2D eigenvalue weighted by Crippen LogP contribution is -2.29. The summed E-state index contributed by atoms with van der Waals surface area (Å²) < 4.78 is 4.73. The van der Waals surface area contributed by atoms with Crippen LogP contribution >= 0.6 is 11.8 Å². The van der Waals surface area contributed by atoms with Crippen molar-refractivity contribution in [2.24, 2.45) is 0 Å². The van der Waals surface area contributed by atoms with Crippen molar-refractivity contribution in [3.63, 3.8) is 0 Å². The van der Waals surface area contributed by atoms with Gasteiger partial charge in [-0.2, -0.15) is 11.8 Å². The van der Waals surface area contributed by atoms with Crippen molar-refractivity contribution >= 4 is 17.7 Å². The molecule has 0 aliphatic heterocycles. The van der Waals surface area contributed by atoms with Gasteiger partial charge < -0.3 is 10.1 Å². The van der Waals surface area contributed by atoms with Crippen LogP contribution in [0.15, 0.2) is 0 Å². The Labute approximate surface area is 96.3 Å². The summed E-state index contributed by atoms with van der Waals surface area (Å²) in [5.74, 6) is 1.02. The van der Waals surface area contributed by atoms with Gasteiger partial charge in [0.2, 0.25) is 5.91 Å². The fourth-order valence-electron chi connectivity index (χ4n) is 1.83. The van der Waals surface area contributed by atoms with Crippen molar-refractivity contribution in [1.29, 1.82) is 0 Å². The van der Waals surface area contributed by atoms with Crippen LogP contribution in [0.25, 0.3) is 0 Å². The van der Waals surface area contributed by atoms with Crippen molar-refractivity contribution in [2.45, 2.75) is 37.4 Å². The van der Waals surface area contributed by atoms with Crippen LogP contribution in [0.2, 0.25) is 0 Å². The predicted octanol–water partition coefficient (Wildman–Crippen LogP) is 1.81. The number of hydrogen-bond acceptors (Lipinski definition) is 3. The molecule has 3 nitrogen and oxygen atoms in total. The van der Waals surface area contributed by atoms with Crippen molar-refractivity contribution < 1.29 is 9.53 Å². The minimum absolute atomic E-state index is 0.0123. The lowest BCUT2D eigenvalue weighted by molar-refractivity contribution is -0.124. The van der Waals surface area contributed by atoms with Gasteiger partial charge in [0.25, 0.3) is 0 Å². The molecule has 1 aliphatic rings. The Kier molecular flexibility index (Phi) is 6.85. The molecular weight excluding hydrogens is 210 g/mol. The molecule has 0 unspecified atom stereocenters. The van der Waals surface area contributed by atoms with E-state index < -0.39 is 0 Å². The van der Waals surface area contributed by atoms with Crippen LogP contribution in [0, 0.1) is 0 Å². The van der Waals surface area contributed by atoms with E-state index in [0.717, 1.165) is 17.5 Å². The van der Waals surface area contributed by atoms with E-state index in [9.17, 15) is 4.79 Å². The minimum Gasteiger partial charge on any atom is -0.375 e. The number of thioether (sulfide) groups is 1. The summed E-state index contributed by atoms with van der Waals surface area (Å²) in [6.07, 6.45) is 6.89. The lowest BCUT2D eigenvalue weighted by Gasteiger charge is -2.20. The van der Waals surface area contributed by atoms with E-state index in [-0.39, 0.29) is 12.5 Å². The van der Waals surface area contributed by atoms with E-state index in [0.29, 0.717) is 0 Å². The highest BCUT2D eigenvalue weighted by molar-refractivity contribution is 7.99. The van der Waals surface area contributed by atoms with Crippen LogP contribution in [0.1, 0.15) is 32.1 Å². The Morgan fingerprint density at radius 3 is 2.80 bits per heavy atom. The van der Waals surface area contributed by atoms with Crippen LogP contribution in [0.5, 0.6) is 0 Å². The molecular formula is C11H21NO2S. The van der Waals surface area contributed by atoms with Gasteiger partial charge in [-0.3, -0.25) is 4.79 Å². The number of amides is 1. The van der Waals surface area contributed by atoms with E-state index in [4.69, 9.17) is 4.74 Å². The molecule has 0 atom stereocenters. The molecule has 1 amide bonds. The first-order chi connectivity index (χ1) is 7.33. The number of hydrogen-bond donors (Lipinski definition) is 1. The minimum atomic E-state index is -0.0123. The van der Waals surface area contributed by atoms with Crippen molar-refractivity contribution in [2.75, 3.05) is 26.0 Å². The molecule has 15 heavy (non-hydrogen) atoms. The average Bonchev–Trinajstić information content (AvgIpc) is 2.26. The SMILES string of the molecule is COCC(=O)NCCSC1CCCCC1. The Morgan fingerprint density at radius 1 is 1.40 bits per heavy atom. The van der Waals surface area contributed by atoms with E-state index in [1.807, 2.05) is 11.8 Å². The first-order valence-corrected chi connectivity index (χ1v) is 6.75. The highest BCUT2D eigenvalue weighted by atomic mass is 32.2. The van der Waals surface area contributed by atoms with Gasteiger partial charge in [0.1, 0.15) is 6.61 Å². The zero-order valence-corrected chi connectivity index (χ0v) is 10.3. The van der Waals surface area contributed by atoms with Crippen LogP contribution in [0.4, 0.5) is 0 Å². The molecule has 0 heterocycles. The quantitative estimate of drug-likeness (QED) is 0.709. The highest BCUT2D eigenvalue weighted by Gasteiger charge is 2.13. The fourth-order valence-corrected chi connectivity index (χ4v) is 3.05. The summed E-state index contributed by atoms with van der Waals surface area (Å²) in [4.78, 5) is 11.0. The monoisotopic (exact) mass is 231 g/mol. The molecule has 1 rings (SSSR count). The number of carbonyl (C=O) groups excluding carboxylic acids is 1. The van der Waals surface area contributed by atoms with Crippen LogP contribution in [0.3, 0.4) is 0 Å². The summed E-state index contributed by atoms with van der Waals surface area (Å²) in [6, 6.07) is 0. The predicted molar refractivity (Wildman–Crippen MR) is 64.2 cm³/mol. The van der Waals surface area contributed by atoms with Gasteiger partial charge in [0.05, 0.1) is 0 Å². The summed E-state index contributed by atoms with van der Waals surface area (Å²) in [5, 5.41) is 3.67. The molecule has 88 valence electrons. The Hall–Kier alpha value is -0.220. The maximum Gasteiger partial charge on any atom is 0.246 e. The van der Waals surface area contributed by atoms with Gasteiger partial charge in [-0.25, -0.2) is 0 Å². The number of rotatable bonds is 6. The third-order valence-electron chi connectivity index (χ3n) is 2.61. The summed E-state index contributed by atoms with van der Waals surface area (Å²) in [7, 11) is 1.54. The second-order valence-corrected chi connectivity index (χ2v) is 5.32. The van der Waals surface area contributed by atoms with Gasteiger partial charge in [-0.05, 0) is 12.8 Å². The topological polar surface area (TPSA) is 38.3 Å². The summed E-state index contributed by atoms with van der Waals surface area (Å²) in [5.41, 5.74) is 0. The Bertz CT molecular complexity index is 181. The molecule has 0 bridgehead atoms. The van der Waals surface area contributed by atoms with E-state index in [1.54, 1.807) is 0 Å². The number of methoxy groups -OCH3 is 1. The number of ether oxygens (including phenoxy) is 1. The Morgan fingerprint density at radius 2 is 2.13 bits per heavy atom. The standard InChI is InChI=1S/C11H21NO2S/c1-14-9-11(13)12-7-8-15-10-5-3-2-4-6-10/h10H,2-9H2,1H3,(H,12,13). The van der Waals surface area contributed by atoms with Crippen LogP contribution < -0.4 is 5.32 Å². The Balaban J connectivity index is 1.93. The van der Waals surface area contributed by atoms with Crippen LogP contribution in [-0.4, -0.2) is 37.2 Å². The molecule has 0 aromatic carbocycles. The first-order valence-electron chi connectivity index (χ1n) is 5.70. The van der Waals surface area contributed by atoms with Gasteiger partial charge in [0, 0.05) is 24.7 Å². The molecule has 1 aliphatic carbocycles. The number of nitrogens with one attached hydrogen (secondary N) is 1. The summed E-state index contributed by atoms with van der Waals surface area (Å²) in [6.45, 7) is 0.942. The second-order valence-electron chi connectivity index (χ2n) is 3.91. The van der Waals surface area contributed by atoms with Gasteiger partial charge in [0.15, 0.2) is 0 Å². The third kappa shape index (κ3) is 6.05. The highest BCUT2D eigenvalue weighted by Crippen LogP contribution is 2.27. The van der Waals surface area contributed by atoms with Crippen molar-refractivity contribution in [1.82, 2.24) is 5.32 Å². The lowest BCUT2D eigenvalue weighted by atomic mass is 10.0. The van der Waals surface area contributed by atoms with Gasteiger partial charge in [-0.15, -0.1) is 0 Å². The van der Waals surface area contributed by atoms with Gasteiger partial charge in [-0.1, -0.05) is 19.3 Å². The smallest absolute Gasteiger partial charge is 0.246 e. The normalized spacial score (nSPS) is 17.7. The molecule has 0 aromatic heterocycles. The number of carbonyl (C=O) groups is 1. The molecule has 0 aromatic rings. The van der Waals surface area contributed by atoms with Crippen molar-refractivity contribution in [3.05, 3.63) is 0 Å². The molecule has 4 heteroatoms. The van der Waals surface area contributed by atoms with E-state index in [2.05, 4.69) is 5.32 Å². The first kappa shape index (κ1) is 12.8. The maximum atomic E-state index is 11.0. The van der Waals surface area contributed by atoms with Gasteiger partial charge >= 0.3 is 0 Å².